The van der Waals surface area contributed by atoms with Crippen LogP contribution in [0.4, 0.5) is 26.3 Å². The van der Waals surface area contributed by atoms with Gasteiger partial charge in [-0.05, 0) is 74.4 Å². The van der Waals surface area contributed by atoms with Crippen molar-refractivity contribution >= 4 is 38.1 Å². The maximum atomic E-state index is 15.5. The fourth-order valence-corrected chi connectivity index (χ4v) is 9.32. The van der Waals surface area contributed by atoms with Crippen molar-refractivity contribution in [2.75, 3.05) is 6.26 Å². The Hall–Kier alpha value is -5.47. The number of carbonyl (C=O) groups is 1. The molecule has 312 valence electrons. The molecule has 0 amide bonds. The number of rotatable bonds is 12. The Morgan fingerprint density at radius 1 is 1.07 bits per heavy atom. The van der Waals surface area contributed by atoms with Crippen molar-refractivity contribution in [1.82, 2.24) is 34.5 Å². The Kier molecular flexibility index (Phi) is 10.3. The summed E-state index contributed by atoms with van der Waals surface area (Å²) in [5.41, 5.74) is -0.459. The summed E-state index contributed by atoms with van der Waals surface area (Å²) < 4.78 is 116. The average Bonchev–Trinajstić information content (AvgIpc) is 3.41. The van der Waals surface area contributed by atoms with Crippen LogP contribution in [0.2, 0.25) is 5.02 Å². The van der Waals surface area contributed by atoms with E-state index in [-0.39, 0.29) is 46.1 Å². The van der Waals surface area contributed by atoms with E-state index in [4.69, 9.17) is 16.6 Å². The number of carbonyl (C=O) groups excluding carboxylic acids is 1. The first kappa shape index (κ1) is 41.3. The molecule has 60 heavy (non-hydrogen) atoms. The highest BCUT2D eigenvalue weighted by atomic mass is 35.5. The molecule has 0 aliphatic heterocycles. The van der Waals surface area contributed by atoms with Crippen LogP contribution in [0.25, 0.3) is 22.0 Å². The smallest absolute Gasteiger partial charge is 0.293 e. The molecule has 6 aromatic rings. The molecule has 0 radical (unpaired) electrons. The number of hydrogen-bond acceptors (Lipinski definition) is 7. The Labute approximate surface area is 345 Å². The van der Waals surface area contributed by atoms with Crippen LogP contribution in [0.15, 0.2) is 54.9 Å². The van der Waals surface area contributed by atoms with Gasteiger partial charge in [0, 0.05) is 72.1 Å². The minimum atomic E-state index is -3.57. The first-order chi connectivity index (χ1) is 28.2. The highest BCUT2D eigenvalue weighted by Crippen LogP contribution is 2.68. The van der Waals surface area contributed by atoms with Crippen LogP contribution in [-0.2, 0) is 51.7 Å². The number of aromatic nitrogens is 7. The summed E-state index contributed by atoms with van der Waals surface area (Å²) in [6, 6.07) is 9.41. The highest BCUT2D eigenvalue weighted by molar-refractivity contribution is 7.89. The fourth-order valence-electron chi connectivity index (χ4n) is 8.36. The Morgan fingerprint density at radius 3 is 2.45 bits per heavy atom. The lowest BCUT2D eigenvalue weighted by Crippen LogP contribution is -2.24. The van der Waals surface area contributed by atoms with Crippen molar-refractivity contribution < 1.29 is 39.6 Å². The summed E-state index contributed by atoms with van der Waals surface area (Å²) in [5.74, 6) is -2.50. The number of aromatic amines is 1. The van der Waals surface area contributed by atoms with Crippen LogP contribution in [0.3, 0.4) is 0 Å². The normalized spacial score (nSPS) is 17.4. The predicted molar refractivity (Wildman–Crippen MR) is 210 cm³/mol. The van der Waals surface area contributed by atoms with Crippen molar-refractivity contribution in [3.63, 3.8) is 0 Å². The van der Waals surface area contributed by atoms with Gasteiger partial charge in [0.05, 0.1) is 33.1 Å². The quantitative estimate of drug-likeness (QED) is 0.0966. The second-order valence-electron chi connectivity index (χ2n) is 16.0. The summed E-state index contributed by atoms with van der Waals surface area (Å²) in [7, 11) is -1.97. The molecule has 0 spiro atoms. The van der Waals surface area contributed by atoms with Crippen LogP contribution >= 0.6 is 11.6 Å². The fraction of sp³-hybridized carbons (Fsp3) is 0.357. The molecule has 2 aliphatic rings. The van der Waals surface area contributed by atoms with Gasteiger partial charge in [-0.2, -0.15) is 19.0 Å². The number of pyridine rings is 1. The van der Waals surface area contributed by atoms with E-state index in [2.05, 4.69) is 32.0 Å². The minimum Gasteiger partial charge on any atom is -0.347 e. The number of halogens is 7. The summed E-state index contributed by atoms with van der Waals surface area (Å²) >= 11 is 6.68. The van der Waals surface area contributed by atoms with Gasteiger partial charge in [0.15, 0.2) is 15.6 Å². The third kappa shape index (κ3) is 7.71. The molecule has 2 aromatic carbocycles. The van der Waals surface area contributed by atoms with Gasteiger partial charge in [0.2, 0.25) is 0 Å². The van der Waals surface area contributed by atoms with Gasteiger partial charge < -0.3 is 4.98 Å². The second-order valence-corrected chi connectivity index (χ2v) is 18.5. The van der Waals surface area contributed by atoms with Crippen LogP contribution in [0, 0.1) is 29.4 Å². The van der Waals surface area contributed by atoms with E-state index < -0.39 is 92.9 Å². The zero-order chi connectivity index (χ0) is 43.1. The largest absolute Gasteiger partial charge is 0.347 e. The van der Waals surface area contributed by atoms with Crippen molar-refractivity contribution in [2.45, 2.75) is 75.0 Å². The van der Waals surface area contributed by atoms with E-state index in [1.165, 1.54) is 4.68 Å². The Morgan fingerprint density at radius 2 is 1.78 bits per heavy atom. The molecule has 2 aliphatic carbocycles. The van der Waals surface area contributed by atoms with Crippen LogP contribution < -0.4 is 0 Å². The molecular formula is C42H36ClF6N7O3S. The van der Waals surface area contributed by atoms with Gasteiger partial charge in [0.1, 0.15) is 41.1 Å². The summed E-state index contributed by atoms with van der Waals surface area (Å²) in [6.45, 7) is 2.90. The summed E-state index contributed by atoms with van der Waals surface area (Å²) in [4.78, 5) is 26.5. The van der Waals surface area contributed by atoms with E-state index in [0.29, 0.717) is 38.6 Å². The number of sulfone groups is 1. The van der Waals surface area contributed by atoms with E-state index in [0.717, 1.165) is 18.4 Å². The second kappa shape index (κ2) is 14.9. The molecule has 8 rings (SSSR count). The lowest BCUT2D eigenvalue weighted by atomic mass is 9.86. The summed E-state index contributed by atoms with van der Waals surface area (Å²) in [5, 5.41) is 8.86. The number of nitrogens with one attached hydrogen (secondary N) is 1. The molecule has 18 heteroatoms. The van der Waals surface area contributed by atoms with E-state index in [9.17, 15) is 30.8 Å². The van der Waals surface area contributed by atoms with Gasteiger partial charge in [-0.15, -0.1) is 0 Å². The number of nitrogens with zero attached hydrogens (tertiary/aromatic N) is 6. The molecule has 10 nitrogen and oxygen atoms in total. The maximum absolute atomic E-state index is 15.5. The number of hydrogen-bond donors (Lipinski definition) is 1. The van der Waals surface area contributed by atoms with Crippen molar-refractivity contribution in [2.24, 2.45) is 13.0 Å². The number of benzene rings is 2. The third-order valence-electron chi connectivity index (χ3n) is 11.0. The molecule has 0 saturated heterocycles. The minimum absolute atomic E-state index is 0.0440. The summed E-state index contributed by atoms with van der Waals surface area (Å²) in [6.07, 6.45) is 0.541. The van der Waals surface area contributed by atoms with Gasteiger partial charge >= 0.3 is 0 Å². The number of alkyl halides is 4. The first-order valence-electron chi connectivity index (χ1n) is 18.8. The molecule has 0 unspecified atom stereocenters. The number of ketones is 1. The van der Waals surface area contributed by atoms with Crippen LogP contribution in [0.5, 0.6) is 0 Å². The molecular weight excluding hydrogens is 832 g/mol. The lowest BCUT2D eigenvalue weighted by Gasteiger charge is -2.22. The van der Waals surface area contributed by atoms with Gasteiger partial charge in [-0.25, -0.2) is 35.9 Å². The zero-order valence-electron chi connectivity index (χ0n) is 32.5. The van der Waals surface area contributed by atoms with Crippen molar-refractivity contribution in [1.29, 1.82) is 0 Å². The van der Waals surface area contributed by atoms with E-state index >= 15 is 8.78 Å². The number of fused-ring (bicyclic) bond motifs is 4. The standard InChI is InChI=1S/C42H36ClF6N7O3S/c1-41(2,40-50-11-12-51-40)10-9-25-5-6-27(28-7-8-31(43)34-32(20-60(4,58)59)53-55(3)37(28)34)35(52-25)22(13-21-14-23(44)17-24(45)15-21)16-26(57)19-56-38-33(36(54-56)39(46)47)29-18-30(29)42(38,48)49/h5-8,11-12,14-15,17,22,29-30,39H,13,16,18-20H2,1-4H3,(H,50,51)/t22-,29+,30-/m1/s1. The SMILES string of the molecule is Cn1nc(CS(C)(=O)=O)c2c(Cl)ccc(-c3ccc(C#CC(C)(C)c4ncc[nH]4)nc3[C@@H](CC(=O)Cn3nc(C(F)F)c4c3C(F)(F)[C@@H]3C[C@H]43)Cc3cc(F)cc(F)c3)c21. The molecule has 3 atom stereocenters. The molecule has 1 fully saturated rings. The average molecular weight is 868 g/mol. The Bertz CT molecular complexity index is 2860. The molecule has 0 bridgehead atoms. The van der Waals surface area contributed by atoms with Gasteiger partial charge in [-0.1, -0.05) is 23.6 Å². The third-order valence-corrected chi connectivity index (χ3v) is 12.1. The van der Waals surface area contributed by atoms with Crippen molar-refractivity contribution in [3.05, 3.63) is 117 Å². The molecule has 4 aromatic heterocycles. The lowest BCUT2D eigenvalue weighted by molar-refractivity contribution is -0.120. The molecule has 4 heterocycles. The molecule has 1 saturated carbocycles. The van der Waals surface area contributed by atoms with Crippen LogP contribution in [0.1, 0.15) is 90.4 Å². The maximum Gasteiger partial charge on any atom is 0.293 e. The van der Waals surface area contributed by atoms with Gasteiger partial charge in [0.25, 0.3) is 12.3 Å². The van der Waals surface area contributed by atoms with E-state index in [1.807, 2.05) is 13.8 Å². The zero-order valence-corrected chi connectivity index (χ0v) is 34.1. The van der Waals surface area contributed by atoms with Gasteiger partial charge in [-0.3, -0.25) is 14.2 Å². The first-order valence-corrected chi connectivity index (χ1v) is 21.3. The monoisotopic (exact) mass is 867 g/mol. The van der Waals surface area contributed by atoms with E-state index in [1.54, 1.807) is 43.7 Å². The molecule has 1 N–H and O–H groups in total. The number of imidazole rings is 1. The van der Waals surface area contributed by atoms with Crippen LogP contribution in [-0.4, -0.2) is 55.0 Å². The topological polar surface area (TPSA) is 128 Å². The highest BCUT2D eigenvalue weighted by Gasteiger charge is 2.67. The Balaban J connectivity index is 1.29. The number of Topliss-reactive ketones (excluding diaryl/α,β-unsaturated/α-hetero) is 1. The number of H-pyrrole nitrogens is 1. The van der Waals surface area contributed by atoms with Crippen molar-refractivity contribution in [3.8, 4) is 23.0 Å². The predicted octanol–water partition coefficient (Wildman–Crippen LogP) is 8.49. The number of aryl methyl sites for hydroxylation is 1.